The number of rotatable bonds is 13. The van der Waals surface area contributed by atoms with Gasteiger partial charge in [-0.3, -0.25) is 4.79 Å². The first kappa shape index (κ1) is 22.7. The number of hydrogen-bond acceptors (Lipinski definition) is 5. The summed E-state index contributed by atoms with van der Waals surface area (Å²) in [4.78, 5) is 22.8. The molecule has 7 nitrogen and oxygen atoms in total. The van der Waals surface area contributed by atoms with Crippen LogP contribution >= 0.6 is 0 Å². The van der Waals surface area contributed by atoms with Crippen LogP contribution in [0.3, 0.4) is 0 Å². The molecular formula is C17H34N2O5. The standard InChI is InChI=1S/C17H34N2O5/c1-5-6-7-8-15(20)18-9-11-22-13-14-23-12-10-19-16(21)24-17(2,3)4/h5-14H2,1-4H3,(H,18,20)(H,19,21). The van der Waals surface area contributed by atoms with Gasteiger partial charge < -0.3 is 24.8 Å². The zero-order valence-corrected chi connectivity index (χ0v) is 15.6. The van der Waals surface area contributed by atoms with Crippen molar-refractivity contribution in [2.24, 2.45) is 0 Å². The molecule has 2 N–H and O–H groups in total. The predicted molar refractivity (Wildman–Crippen MR) is 93.0 cm³/mol. The lowest BCUT2D eigenvalue weighted by Crippen LogP contribution is -2.34. The topological polar surface area (TPSA) is 85.9 Å². The highest BCUT2D eigenvalue weighted by Crippen LogP contribution is 2.06. The Hall–Kier alpha value is -1.34. The van der Waals surface area contributed by atoms with E-state index in [1.165, 1.54) is 0 Å². The number of nitrogens with one attached hydrogen (secondary N) is 2. The highest BCUT2D eigenvalue weighted by Gasteiger charge is 2.15. The molecule has 0 bridgehead atoms. The molecule has 0 unspecified atom stereocenters. The van der Waals surface area contributed by atoms with Crippen molar-refractivity contribution < 1.29 is 23.8 Å². The van der Waals surface area contributed by atoms with Crippen LogP contribution in [0, 0.1) is 0 Å². The van der Waals surface area contributed by atoms with Gasteiger partial charge in [0, 0.05) is 19.5 Å². The lowest BCUT2D eigenvalue weighted by Gasteiger charge is -2.19. The SMILES string of the molecule is CCCCCC(=O)NCCOCCOCCNC(=O)OC(C)(C)C. The molecular weight excluding hydrogens is 312 g/mol. The fourth-order valence-electron chi connectivity index (χ4n) is 1.75. The number of amides is 2. The lowest BCUT2D eigenvalue weighted by atomic mass is 10.2. The summed E-state index contributed by atoms with van der Waals surface area (Å²) in [7, 11) is 0. The minimum atomic E-state index is -0.496. The minimum absolute atomic E-state index is 0.0801. The Morgan fingerprint density at radius 1 is 0.875 bits per heavy atom. The smallest absolute Gasteiger partial charge is 0.407 e. The Balaban J connectivity index is 3.28. The van der Waals surface area contributed by atoms with Crippen LogP contribution in [0.2, 0.25) is 0 Å². The van der Waals surface area contributed by atoms with E-state index < -0.39 is 11.7 Å². The zero-order valence-electron chi connectivity index (χ0n) is 15.6. The summed E-state index contributed by atoms with van der Waals surface area (Å²) in [6.45, 7) is 10.2. The Morgan fingerprint density at radius 3 is 2.00 bits per heavy atom. The molecule has 0 aliphatic carbocycles. The highest BCUT2D eigenvalue weighted by atomic mass is 16.6. The second-order valence-electron chi connectivity index (χ2n) is 6.46. The van der Waals surface area contributed by atoms with Crippen LogP contribution in [-0.4, -0.2) is 57.1 Å². The zero-order chi connectivity index (χ0) is 18.3. The van der Waals surface area contributed by atoms with Crippen LogP contribution in [0.4, 0.5) is 4.79 Å². The quantitative estimate of drug-likeness (QED) is 0.500. The van der Waals surface area contributed by atoms with Crippen molar-refractivity contribution in [2.45, 2.75) is 59.0 Å². The van der Waals surface area contributed by atoms with Crippen molar-refractivity contribution in [3.8, 4) is 0 Å². The fourth-order valence-corrected chi connectivity index (χ4v) is 1.75. The molecule has 0 rings (SSSR count). The molecule has 0 atom stereocenters. The van der Waals surface area contributed by atoms with Gasteiger partial charge in [0.2, 0.25) is 5.91 Å². The summed E-state index contributed by atoms with van der Waals surface area (Å²) in [5.74, 6) is 0.0801. The molecule has 7 heteroatoms. The van der Waals surface area contributed by atoms with Crippen molar-refractivity contribution in [3.63, 3.8) is 0 Å². The lowest BCUT2D eigenvalue weighted by molar-refractivity contribution is -0.121. The molecule has 0 aliphatic rings. The molecule has 0 heterocycles. The van der Waals surface area contributed by atoms with Gasteiger partial charge in [0.1, 0.15) is 5.60 Å². The molecule has 2 amide bonds. The number of carbonyl (C=O) groups excluding carboxylic acids is 2. The first-order valence-corrected chi connectivity index (χ1v) is 8.74. The number of hydrogen-bond donors (Lipinski definition) is 2. The molecule has 0 aromatic rings. The Bertz CT molecular complexity index is 342. The third-order valence-corrected chi connectivity index (χ3v) is 2.86. The Kier molecular flexibility index (Phi) is 13.3. The van der Waals surface area contributed by atoms with Crippen molar-refractivity contribution >= 4 is 12.0 Å². The van der Waals surface area contributed by atoms with Crippen molar-refractivity contribution in [1.82, 2.24) is 10.6 Å². The van der Waals surface area contributed by atoms with Crippen LogP contribution in [0.1, 0.15) is 53.4 Å². The molecule has 0 saturated carbocycles. The summed E-state index contributed by atoms with van der Waals surface area (Å²) >= 11 is 0. The Morgan fingerprint density at radius 2 is 1.46 bits per heavy atom. The molecule has 0 aromatic heterocycles. The molecule has 0 aliphatic heterocycles. The first-order valence-electron chi connectivity index (χ1n) is 8.74. The minimum Gasteiger partial charge on any atom is -0.444 e. The van der Waals surface area contributed by atoms with Crippen molar-refractivity contribution in [2.75, 3.05) is 39.5 Å². The number of ether oxygens (including phenoxy) is 3. The molecule has 0 spiro atoms. The van der Waals surface area contributed by atoms with E-state index >= 15 is 0 Å². The van der Waals surface area contributed by atoms with Gasteiger partial charge in [-0.25, -0.2) is 4.79 Å². The molecule has 24 heavy (non-hydrogen) atoms. The maximum atomic E-state index is 11.4. The molecule has 0 saturated heterocycles. The summed E-state index contributed by atoms with van der Waals surface area (Å²) in [6.07, 6.45) is 3.28. The predicted octanol–water partition coefficient (Wildman–Crippen LogP) is 2.24. The van der Waals surface area contributed by atoms with Crippen LogP contribution < -0.4 is 10.6 Å². The van der Waals surface area contributed by atoms with Crippen LogP contribution in [0.5, 0.6) is 0 Å². The first-order chi connectivity index (χ1) is 11.3. The third-order valence-electron chi connectivity index (χ3n) is 2.86. The van der Waals surface area contributed by atoms with Gasteiger partial charge in [-0.15, -0.1) is 0 Å². The van der Waals surface area contributed by atoms with E-state index in [1.807, 2.05) is 20.8 Å². The maximum Gasteiger partial charge on any atom is 0.407 e. The number of carbonyl (C=O) groups is 2. The average molecular weight is 346 g/mol. The van der Waals surface area contributed by atoms with Crippen molar-refractivity contribution in [1.29, 1.82) is 0 Å². The summed E-state index contributed by atoms with van der Waals surface area (Å²) in [6, 6.07) is 0. The van der Waals surface area contributed by atoms with E-state index in [2.05, 4.69) is 17.6 Å². The largest absolute Gasteiger partial charge is 0.444 e. The summed E-state index contributed by atoms with van der Waals surface area (Å²) in [5.41, 5.74) is -0.496. The van der Waals surface area contributed by atoms with Gasteiger partial charge in [0.25, 0.3) is 0 Å². The second kappa shape index (κ2) is 14.0. The van der Waals surface area contributed by atoms with E-state index in [0.29, 0.717) is 45.9 Å². The molecule has 142 valence electrons. The monoisotopic (exact) mass is 346 g/mol. The second-order valence-corrected chi connectivity index (χ2v) is 6.46. The van der Waals surface area contributed by atoms with Gasteiger partial charge in [0.15, 0.2) is 0 Å². The molecule has 0 radical (unpaired) electrons. The number of alkyl carbamates (subject to hydrolysis) is 1. The summed E-state index contributed by atoms with van der Waals surface area (Å²) < 4.78 is 15.8. The van der Waals surface area contributed by atoms with Crippen LogP contribution in [0.15, 0.2) is 0 Å². The Labute approximate surface area is 145 Å². The molecule has 0 fully saturated rings. The van der Waals surface area contributed by atoms with E-state index in [4.69, 9.17) is 14.2 Å². The fraction of sp³-hybridized carbons (Fsp3) is 0.882. The van der Waals surface area contributed by atoms with Crippen LogP contribution in [-0.2, 0) is 19.0 Å². The summed E-state index contributed by atoms with van der Waals surface area (Å²) in [5, 5.41) is 5.43. The van der Waals surface area contributed by atoms with Gasteiger partial charge in [-0.05, 0) is 27.2 Å². The maximum absolute atomic E-state index is 11.4. The average Bonchev–Trinajstić information content (AvgIpc) is 2.47. The van der Waals surface area contributed by atoms with Gasteiger partial charge in [-0.2, -0.15) is 0 Å². The molecule has 0 aromatic carbocycles. The third kappa shape index (κ3) is 17.0. The van der Waals surface area contributed by atoms with Crippen molar-refractivity contribution in [3.05, 3.63) is 0 Å². The van der Waals surface area contributed by atoms with Gasteiger partial charge in [0.05, 0.1) is 26.4 Å². The normalized spacial score (nSPS) is 11.2. The highest BCUT2D eigenvalue weighted by molar-refractivity contribution is 5.75. The number of unbranched alkanes of at least 4 members (excludes halogenated alkanes) is 2. The van der Waals surface area contributed by atoms with Crippen LogP contribution in [0.25, 0.3) is 0 Å². The van der Waals surface area contributed by atoms with E-state index in [-0.39, 0.29) is 5.91 Å². The van der Waals surface area contributed by atoms with E-state index in [0.717, 1.165) is 19.3 Å². The van der Waals surface area contributed by atoms with Gasteiger partial charge in [-0.1, -0.05) is 19.8 Å². The van der Waals surface area contributed by atoms with E-state index in [9.17, 15) is 9.59 Å². The van der Waals surface area contributed by atoms with E-state index in [1.54, 1.807) is 0 Å². The van der Waals surface area contributed by atoms with Gasteiger partial charge >= 0.3 is 6.09 Å².